The molecule has 1 aromatic carbocycles. The number of carboxylic acids is 1. The Hall–Kier alpha value is -3.48. The summed E-state index contributed by atoms with van der Waals surface area (Å²) in [4.78, 5) is 52.5. The van der Waals surface area contributed by atoms with Gasteiger partial charge in [-0.05, 0) is 37.3 Å². The number of carboxylic acid groups (broad SMARTS) is 1. The second kappa shape index (κ2) is 13.0. The smallest absolute Gasteiger partial charge is 0.326 e. The number of hydrogen-bond acceptors (Lipinski definition) is 7. The first-order valence-corrected chi connectivity index (χ1v) is 11.7. The number of amides is 3. The van der Waals surface area contributed by atoms with Gasteiger partial charge in [-0.3, -0.25) is 14.4 Å². The molecule has 1 aromatic heterocycles. The van der Waals surface area contributed by atoms with E-state index in [1.54, 1.807) is 20.0 Å². The molecular formula is C24H35N5O7. The van der Waals surface area contributed by atoms with E-state index in [0.717, 1.165) is 16.5 Å². The van der Waals surface area contributed by atoms with Gasteiger partial charge >= 0.3 is 5.97 Å². The summed E-state index contributed by atoms with van der Waals surface area (Å²) >= 11 is 0. The molecule has 36 heavy (non-hydrogen) atoms. The van der Waals surface area contributed by atoms with Crippen molar-refractivity contribution in [1.82, 2.24) is 20.9 Å². The summed E-state index contributed by atoms with van der Waals surface area (Å²) in [7, 11) is 0. The highest BCUT2D eigenvalue weighted by Crippen LogP contribution is 2.18. The third-order valence-electron chi connectivity index (χ3n) is 5.65. The second-order valence-corrected chi connectivity index (χ2v) is 9.17. The zero-order valence-electron chi connectivity index (χ0n) is 20.5. The summed E-state index contributed by atoms with van der Waals surface area (Å²) in [5.74, 6) is -3.84. The van der Waals surface area contributed by atoms with Crippen LogP contribution in [0.5, 0.6) is 0 Å². The fourth-order valence-electron chi connectivity index (χ4n) is 3.72. The van der Waals surface area contributed by atoms with Crippen LogP contribution in [-0.2, 0) is 25.6 Å². The number of benzene rings is 1. The van der Waals surface area contributed by atoms with E-state index >= 15 is 0 Å². The molecule has 0 fully saturated rings. The zero-order chi connectivity index (χ0) is 27.0. The van der Waals surface area contributed by atoms with E-state index in [1.807, 2.05) is 24.3 Å². The highest BCUT2D eigenvalue weighted by atomic mass is 16.4. The fraction of sp³-hybridized carbons (Fsp3) is 0.500. The second-order valence-electron chi connectivity index (χ2n) is 9.17. The predicted octanol–water partition coefficient (Wildman–Crippen LogP) is -1.00. The lowest BCUT2D eigenvalue weighted by Gasteiger charge is -2.26. The standard InChI is InChI=1S/C24H35N5O7/c1-12(2)8-18(24(35)36)27-22(33)19(11-30)28-23(34)20(13(3)31)29-21(32)16(25)9-14-10-26-17-7-5-4-6-15(14)17/h4-7,10,12-13,16,18-20,26,30-31H,8-9,11,25H2,1-3H3,(H,27,33)(H,28,34)(H,29,32)(H,35,36). The molecule has 0 aliphatic heterocycles. The van der Waals surface area contributed by atoms with Gasteiger partial charge in [0.2, 0.25) is 17.7 Å². The van der Waals surface area contributed by atoms with Crippen molar-refractivity contribution in [3.05, 3.63) is 36.0 Å². The Balaban J connectivity index is 2.03. The molecule has 0 aliphatic rings. The summed E-state index contributed by atoms with van der Waals surface area (Å²) < 4.78 is 0. The molecule has 5 atom stereocenters. The van der Waals surface area contributed by atoms with E-state index in [9.17, 15) is 34.5 Å². The number of carbonyl (C=O) groups excluding carboxylic acids is 3. The third-order valence-corrected chi connectivity index (χ3v) is 5.65. The highest BCUT2D eigenvalue weighted by molar-refractivity contribution is 5.94. The zero-order valence-corrected chi connectivity index (χ0v) is 20.5. The van der Waals surface area contributed by atoms with Crippen LogP contribution in [0.2, 0.25) is 0 Å². The van der Waals surface area contributed by atoms with Crippen molar-refractivity contribution < 1.29 is 34.5 Å². The Bertz CT molecular complexity index is 1070. The summed E-state index contributed by atoms with van der Waals surface area (Å²) in [6.07, 6.45) is 0.695. The van der Waals surface area contributed by atoms with Crippen molar-refractivity contribution in [3.8, 4) is 0 Å². The van der Waals surface area contributed by atoms with E-state index in [4.69, 9.17) is 5.73 Å². The van der Waals surface area contributed by atoms with Crippen LogP contribution in [0.15, 0.2) is 30.5 Å². The van der Waals surface area contributed by atoms with Crippen molar-refractivity contribution >= 4 is 34.6 Å². The van der Waals surface area contributed by atoms with Crippen molar-refractivity contribution in [2.24, 2.45) is 11.7 Å². The molecule has 9 N–H and O–H groups in total. The van der Waals surface area contributed by atoms with E-state index in [0.29, 0.717) is 0 Å². The molecule has 1 heterocycles. The van der Waals surface area contributed by atoms with Gasteiger partial charge in [0.05, 0.1) is 18.8 Å². The number of nitrogens with two attached hydrogens (primary N) is 1. The maximum atomic E-state index is 12.8. The monoisotopic (exact) mass is 505 g/mol. The predicted molar refractivity (Wildman–Crippen MR) is 132 cm³/mol. The van der Waals surface area contributed by atoms with Gasteiger partial charge in [0.1, 0.15) is 18.1 Å². The van der Waals surface area contributed by atoms with E-state index in [2.05, 4.69) is 20.9 Å². The summed E-state index contributed by atoms with van der Waals surface area (Å²) in [6.45, 7) is 4.01. The maximum Gasteiger partial charge on any atom is 0.326 e. The molecule has 198 valence electrons. The molecule has 3 amide bonds. The van der Waals surface area contributed by atoms with Gasteiger partial charge in [-0.25, -0.2) is 4.79 Å². The lowest BCUT2D eigenvalue weighted by atomic mass is 10.0. The number of para-hydroxylation sites is 1. The number of carbonyl (C=O) groups is 4. The minimum atomic E-state index is -1.50. The van der Waals surface area contributed by atoms with Gasteiger partial charge in [0.25, 0.3) is 0 Å². The number of aromatic nitrogens is 1. The number of aliphatic hydroxyl groups is 2. The van der Waals surface area contributed by atoms with Gasteiger partial charge in [0.15, 0.2) is 0 Å². The summed E-state index contributed by atoms with van der Waals surface area (Å²) in [5, 5.41) is 36.8. The van der Waals surface area contributed by atoms with Crippen LogP contribution in [-0.4, -0.2) is 80.9 Å². The van der Waals surface area contributed by atoms with Crippen molar-refractivity contribution in [1.29, 1.82) is 0 Å². The molecule has 2 rings (SSSR count). The molecule has 12 nitrogen and oxygen atoms in total. The van der Waals surface area contributed by atoms with Crippen LogP contribution in [0.3, 0.4) is 0 Å². The highest BCUT2D eigenvalue weighted by Gasteiger charge is 2.32. The number of aliphatic hydroxyl groups excluding tert-OH is 2. The average Bonchev–Trinajstić information content (AvgIpc) is 3.22. The van der Waals surface area contributed by atoms with Crippen molar-refractivity contribution in [2.45, 2.75) is 63.9 Å². The van der Waals surface area contributed by atoms with Gasteiger partial charge in [-0.1, -0.05) is 32.0 Å². The maximum absolute atomic E-state index is 12.8. The Morgan fingerprint density at radius 1 is 0.972 bits per heavy atom. The quantitative estimate of drug-likeness (QED) is 0.169. The largest absolute Gasteiger partial charge is 0.480 e. The Morgan fingerprint density at radius 2 is 1.61 bits per heavy atom. The topological polar surface area (TPSA) is 207 Å². The lowest BCUT2D eigenvalue weighted by Crippen LogP contribution is -2.60. The lowest BCUT2D eigenvalue weighted by molar-refractivity contribution is -0.143. The Morgan fingerprint density at radius 3 is 2.19 bits per heavy atom. The van der Waals surface area contributed by atoms with Crippen LogP contribution in [0.4, 0.5) is 0 Å². The molecule has 0 spiro atoms. The van der Waals surface area contributed by atoms with Gasteiger partial charge in [-0.2, -0.15) is 0 Å². The van der Waals surface area contributed by atoms with Crippen molar-refractivity contribution in [3.63, 3.8) is 0 Å². The molecule has 5 unspecified atom stereocenters. The average molecular weight is 506 g/mol. The van der Waals surface area contributed by atoms with Gasteiger partial charge < -0.3 is 42.0 Å². The number of rotatable bonds is 13. The number of fused-ring (bicyclic) bond motifs is 1. The number of aromatic amines is 1. The number of nitrogens with one attached hydrogen (secondary N) is 4. The van der Waals surface area contributed by atoms with Crippen LogP contribution < -0.4 is 21.7 Å². The van der Waals surface area contributed by atoms with E-state index < -0.39 is 60.6 Å². The molecule has 0 radical (unpaired) electrons. The molecular weight excluding hydrogens is 470 g/mol. The molecule has 12 heteroatoms. The minimum absolute atomic E-state index is 0.0307. The third kappa shape index (κ3) is 7.77. The van der Waals surface area contributed by atoms with Crippen LogP contribution in [0.1, 0.15) is 32.8 Å². The van der Waals surface area contributed by atoms with Crippen LogP contribution in [0.25, 0.3) is 10.9 Å². The summed E-state index contributed by atoms with van der Waals surface area (Å²) in [5.41, 5.74) is 7.73. The first kappa shape index (κ1) is 28.8. The molecule has 2 aromatic rings. The molecule has 0 saturated carbocycles. The van der Waals surface area contributed by atoms with Crippen molar-refractivity contribution in [2.75, 3.05) is 6.61 Å². The van der Waals surface area contributed by atoms with Crippen LogP contribution in [0, 0.1) is 5.92 Å². The fourth-order valence-corrected chi connectivity index (χ4v) is 3.72. The SMILES string of the molecule is CC(C)CC(NC(=O)C(CO)NC(=O)C(NC(=O)C(N)Cc1c[nH]c2ccccc12)C(C)O)C(=O)O. The van der Waals surface area contributed by atoms with E-state index in [1.165, 1.54) is 6.92 Å². The number of hydrogen-bond donors (Lipinski definition) is 8. The normalized spacial score (nSPS) is 15.5. The molecule has 0 saturated heterocycles. The first-order chi connectivity index (χ1) is 16.9. The molecule has 0 bridgehead atoms. The Labute approximate surface area is 208 Å². The molecule has 0 aliphatic carbocycles. The number of H-pyrrole nitrogens is 1. The number of aliphatic carboxylic acids is 1. The van der Waals surface area contributed by atoms with Gasteiger partial charge in [-0.15, -0.1) is 0 Å². The summed E-state index contributed by atoms with van der Waals surface area (Å²) in [6, 6.07) is 2.27. The van der Waals surface area contributed by atoms with Crippen LogP contribution >= 0.6 is 0 Å². The minimum Gasteiger partial charge on any atom is -0.480 e. The first-order valence-electron chi connectivity index (χ1n) is 11.7. The van der Waals surface area contributed by atoms with E-state index in [-0.39, 0.29) is 18.8 Å². The van der Waals surface area contributed by atoms with Gasteiger partial charge in [0, 0.05) is 17.1 Å². The Kier molecular flexibility index (Phi) is 10.4.